The second-order valence-corrected chi connectivity index (χ2v) is 5.27. The maximum absolute atomic E-state index is 12.5. The van der Waals surface area contributed by atoms with E-state index in [9.17, 15) is 9.59 Å². The van der Waals surface area contributed by atoms with E-state index >= 15 is 0 Å². The number of hydrogen-bond acceptors (Lipinski definition) is 4. The van der Waals surface area contributed by atoms with E-state index < -0.39 is 6.04 Å². The van der Waals surface area contributed by atoms with Crippen molar-refractivity contribution in [3.05, 3.63) is 29.8 Å². The number of anilines is 1. The lowest BCUT2D eigenvalue weighted by Gasteiger charge is -2.34. The fraction of sp³-hybridized carbons (Fsp3) is 0.500. The van der Waals surface area contributed by atoms with E-state index in [0.29, 0.717) is 25.3 Å². The number of amides is 1. The fourth-order valence-corrected chi connectivity index (χ4v) is 2.63. The Morgan fingerprint density at radius 1 is 1.29 bits per heavy atom. The molecule has 1 aliphatic heterocycles. The molecule has 0 saturated carbocycles. The molecule has 0 spiro atoms. The summed E-state index contributed by atoms with van der Waals surface area (Å²) in [6.45, 7) is 2.74. The van der Waals surface area contributed by atoms with E-state index in [1.165, 1.54) is 0 Å². The summed E-state index contributed by atoms with van der Waals surface area (Å²) >= 11 is 0. The Bertz CT molecular complexity index is 499. The summed E-state index contributed by atoms with van der Waals surface area (Å²) in [7, 11) is 0. The van der Waals surface area contributed by atoms with Gasteiger partial charge in [0.25, 0.3) is 0 Å². The van der Waals surface area contributed by atoms with E-state index in [4.69, 9.17) is 10.5 Å². The number of likely N-dealkylation sites (tertiary alicyclic amines) is 1. The molecule has 0 aliphatic carbocycles. The number of esters is 1. The Morgan fingerprint density at radius 2 is 2.00 bits per heavy atom. The van der Waals surface area contributed by atoms with Crippen LogP contribution in [0.2, 0.25) is 0 Å². The van der Waals surface area contributed by atoms with Gasteiger partial charge in [-0.3, -0.25) is 4.79 Å². The van der Waals surface area contributed by atoms with Crippen LogP contribution in [0.1, 0.15) is 31.7 Å². The Balaban J connectivity index is 2.04. The van der Waals surface area contributed by atoms with Crippen LogP contribution in [-0.2, 0) is 20.7 Å². The predicted molar refractivity (Wildman–Crippen MR) is 80.5 cm³/mol. The molecule has 2 N–H and O–H groups in total. The van der Waals surface area contributed by atoms with Gasteiger partial charge in [0, 0.05) is 12.2 Å². The smallest absolute Gasteiger partial charge is 0.328 e. The van der Waals surface area contributed by atoms with Gasteiger partial charge < -0.3 is 15.4 Å². The molecule has 1 heterocycles. The van der Waals surface area contributed by atoms with Crippen molar-refractivity contribution >= 4 is 17.6 Å². The maximum Gasteiger partial charge on any atom is 0.328 e. The minimum atomic E-state index is -0.431. The topological polar surface area (TPSA) is 72.6 Å². The van der Waals surface area contributed by atoms with Crippen molar-refractivity contribution in [3.8, 4) is 0 Å². The first kappa shape index (κ1) is 15.4. The first-order valence-corrected chi connectivity index (χ1v) is 7.42. The highest BCUT2D eigenvalue weighted by Crippen LogP contribution is 2.20. The number of nitrogen functional groups attached to an aromatic ring is 1. The van der Waals surface area contributed by atoms with Gasteiger partial charge in [0.2, 0.25) is 5.91 Å². The first-order valence-electron chi connectivity index (χ1n) is 7.42. The Hall–Kier alpha value is -2.04. The van der Waals surface area contributed by atoms with Crippen LogP contribution in [0.25, 0.3) is 0 Å². The van der Waals surface area contributed by atoms with Gasteiger partial charge in [0.1, 0.15) is 6.04 Å². The largest absolute Gasteiger partial charge is 0.464 e. The molecule has 1 unspecified atom stereocenters. The lowest BCUT2D eigenvalue weighted by Crippen LogP contribution is -2.49. The quantitative estimate of drug-likeness (QED) is 0.677. The van der Waals surface area contributed by atoms with E-state index in [-0.39, 0.29) is 18.3 Å². The SMILES string of the molecule is CCOC(=O)C1CCCCN1C(=O)Cc1ccc(N)cc1. The number of nitrogens with two attached hydrogens (primary N) is 1. The van der Waals surface area contributed by atoms with Crippen LogP contribution >= 0.6 is 0 Å². The van der Waals surface area contributed by atoms with Gasteiger partial charge >= 0.3 is 5.97 Å². The van der Waals surface area contributed by atoms with Gasteiger partial charge in [-0.25, -0.2) is 4.79 Å². The average molecular weight is 290 g/mol. The van der Waals surface area contributed by atoms with Crippen LogP contribution in [-0.4, -0.2) is 36.0 Å². The zero-order chi connectivity index (χ0) is 15.2. The summed E-state index contributed by atoms with van der Waals surface area (Å²) in [6.07, 6.45) is 2.86. The van der Waals surface area contributed by atoms with E-state index in [2.05, 4.69) is 0 Å². The summed E-state index contributed by atoms with van der Waals surface area (Å²) in [6, 6.07) is 6.82. The normalized spacial score (nSPS) is 18.3. The minimum absolute atomic E-state index is 0.0301. The van der Waals surface area contributed by atoms with Crippen LogP contribution in [0, 0.1) is 0 Å². The molecule has 1 atom stereocenters. The lowest BCUT2D eigenvalue weighted by molar-refractivity contribution is -0.156. The molecule has 1 fully saturated rings. The standard InChI is InChI=1S/C16H22N2O3/c1-2-21-16(20)14-5-3-4-10-18(14)15(19)11-12-6-8-13(17)9-7-12/h6-9,14H,2-5,10-11,17H2,1H3. The predicted octanol–water partition coefficient (Wildman–Crippen LogP) is 1.76. The van der Waals surface area contributed by atoms with Crippen molar-refractivity contribution in [2.24, 2.45) is 0 Å². The molecule has 0 radical (unpaired) electrons. The van der Waals surface area contributed by atoms with Crippen molar-refractivity contribution in [1.82, 2.24) is 4.90 Å². The molecule has 0 bridgehead atoms. The zero-order valence-electron chi connectivity index (χ0n) is 12.4. The van der Waals surface area contributed by atoms with Crippen LogP contribution in [0.5, 0.6) is 0 Å². The molecule has 1 saturated heterocycles. The van der Waals surface area contributed by atoms with Gasteiger partial charge in [0.05, 0.1) is 13.0 Å². The molecule has 21 heavy (non-hydrogen) atoms. The Kier molecular flexibility index (Phi) is 5.20. The first-order chi connectivity index (χ1) is 10.1. The van der Waals surface area contributed by atoms with Gasteiger partial charge in [-0.15, -0.1) is 0 Å². The monoisotopic (exact) mass is 290 g/mol. The minimum Gasteiger partial charge on any atom is -0.464 e. The zero-order valence-corrected chi connectivity index (χ0v) is 12.4. The van der Waals surface area contributed by atoms with E-state index in [1.807, 2.05) is 12.1 Å². The van der Waals surface area contributed by atoms with Crippen molar-refractivity contribution < 1.29 is 14.3 Å². The molecule has 1 aromatic carbocycles. The van der Waals surface area contributed by atoms with E-state index in [1.54, 1.807) is 24.0 Å². The maximum atomic E-state index is 12.5. The number of carbonyl (C=O) groups is 2. The summed E-state index contributed by atoms with van der Waals surface area (Å²) in [5, 5.41) is 0. The molecule has 114 valence electrons. The summed E-state index contributed by atoms with van der Waals surface area (Å²) in [5.74, 6) is -0.319. The van der Waals surface area contributed by atoms with E-state index in [0.717, 1.165) is 18.4 Å². The molecule has 1 amide bonds. The third kappa shape index (κ3) is 3.97. The third-order valence-electron chi connectivity index (χ3n) is 3.72. The Morgan fingerprint density at radius 3 is 2.67 bits per heavy atom. The van der Waals surface area contributed by atoms with Crippen molar-refractivity contribution in [1.29, 1.82) is 0 Å². The van der Waals surface area contributed by atoms with Gasteiger partial charge in [-0.1, -0.05) is 12.1 Å². The van der Waals surface area contributed by atoms with Gasteiger partial charge in [0.15, 0.2) is 0 Å². The summed E-state index contributed by atoms with van der Waals surface area (Å²) < 4.78 is 5.08. The molecule has 1 aromatic rings. The molecule has 1 aliphatic rings. The van der Waals surface area contributed by atoms with Crippen molar-refractivity contribution in [3.63, 3.8) is 0 Å². The second-order valence-electron chi connectivity index (χ2n) is 5.27. The highest BCUT2D eigenvalue weighted by molar-refractivity contribution is 5.86. The number of nitrogens with zero attached hydrogens (tertiary/aromatic N) is 1. The molecule has 5 heteroatoms. The van der Waals surface area contributed by atoms with Gasteiger partial charge in [-0.05, 0) is 43.9 Å². The second kappa shape index (κ2) is 7.11. The van der Waals surface area contributed by atoms with Crippen LogP contribution in [0.3, 0.4) is 0 Å². The number of ether oxygens (including phenoxy) is 1. The lowest BCUT2D eigenvalue weighted by atomic mass is 10.0. The molecule has 5 nitrogen and oxygen atoms in total. The van der Waals surface area contributed by atoms with Crippen LogP contribution < -0.4 is 5.73 Å². The summed E-state index contributed by atoms with van der Waals surface area (Å²) in [5.41, 5.74) is 7.22. The molecular formula is C16H22N2O3. The van der Waals surface area contributed by atoms with Gasteiger partial charge in [-0.2, -0.15) is 0 Å². The summed E-state index contributed by atoms with van der Waals surface area (Å²) in [4.78, 5) is 26.1. The number of piperidine rings is 1. The third-order valence-corrected chi connectivity index (χ3v) is 3.72. The molecule has 0 aromatic heterocycles. The number of hydrogen-bond donors (Lipinski definition) is 1. The van der Waals surface area contributed by atoms with Crippen molar-refractivity contribution in [2.75, 3.05) is 18.9 Å². The number of carbonyl (C=O) groups excluding carboxylic acids is 2. The highest BCUT2D eigenvalue weighted by Gasteiger charge is 2.32. The fourth-order valence-electron chi connectivity index (χ4n) is 2.63. The van der Waals surface area contributed by atoms with Crippen LogP contribution in [0.15, 0.2) is 24.3 Å². The highest BCUT2D eigenvalue weighted by atomic mass is 16.5. The Labute approximate surface area is 125 Å². The number of benzene rings is 1. The molecule has 2 rings (SSSR count). The van der Waals surface area contributed by atoms with Crippen molar-refractivity contribution in [2.45, 2.75) is 38.6 Å². The van der Waals surface area contributed by atoms with Crippen LogP contribution in [0.4, 0.5) is 5.69 Å². The average Bonchev–Trinajstić information content (AvgIpc) is 2.50. The number of rotatable bonds is 4. The molecular weight excluding hydrogens is 268 g/mol.